The lowest BCUT2D eigenvalue weighted by Crippen LogP contribution is -2.47. The molecule has 0 saturated heterocycles. The molecule has 0 aliphatic heterocycles. The normalized spacial score (nSPS) is 36.4. The maximum Gasteiger partial charge on any atom is 0.314 e. The average molecular weight is 232 g/mol. The van der Waals surface area contributed by atoms with E-state index in [4.69, 9.17) is 0 Å². The molecular formula is C15H20O2. The Balaban J connectivity index is 2.69. The highest BCUT2D eigenvalue weighted by molar-refractivity contribution is 5.82. The molecule has 1 aliphatic rings. The minimum atomic E-state index is -0.761. The molecule has 4 atom stereocenters. The third-order valence-electron chi connectivity index (χ3n) is 4.94. The van der Waals surface area contributed by atoms with Gasteiger partial charge in [0.05, 0.1) is 5.41 Å². The number of carboxylic acids is 1. The predicted octanol–water partition coefficient (Wildman–Crippen LogP) is 3.42. The van der Waals surface area contributed by atoms with Gasteiger partial charge in [-0.15, -0.1) is 0 Å². The highest BCUT2D eigenvalue weighted by atomic mass is 16.4. The summed E-state index contributed by atoms with van der Waals surface area (Å²) < 4.78 is 0. The van der Waals surface area contributed by atoms with Crippen LogP contribution in [0.3, 0.4) is 0 Å². The molecule has 2 rings (SSSR count). The van der Waals surface area contributed by atoms with Crippen molar-refractivity contribution in [3.8, 4) is 0 Å². The van der Waals surface area contributed by atoms with E-state index in [-0.39, 0.29) is 5.92 Å². The van der Waals surface area contributed by atoms with Crippen molar-refractivity contribution in [2.75, 3.05) is 0 Å². The molecule has 4 unspecified atom stereocenters. The number of fused-ring (bicyclic) bond motifs is 1. The number of aliphatic carboxylic acids is 1. The zero-order valence-electron chi connectivity index (χ0n) is 10.9. The molecule has 1 aliphatic carbocycles. The second kappa shape index (κ2) is 3.86. The summed E-state index contributed by atoms with van der Waals surface area (Å²) in [6, 6.07) is 7.99. The van der Waals surface area contributed by atoms with Crippen molar-refractivity contribution in [1.82, 2.24) is 0 Å². The van der Waals surface area contributed by atoms with E-state index in [1.807, 2.05) is 25.1 Å². The fourth-order valence-electron chi connectivity index (χ4n) is 3.16. The molecule has 92 valence electrons. The number of carboxylic acid groups (broad SMARTS) is 1. The van der Waals surface area contributed by atoms with Crippen LogP contribution >= 0.6 is 0 Å². The van der Waals surface area contributed by atoms with Gasteiger partial charge in [-0.05, 0) is 35.8 Å². The molecule has 0 bridgehead atoms. The molecule has 0 spiro atoms. The molecule has 0 fully saturated rings. The predicted molar refractivity (Wildman–Crippen MR) is 68.2 cm³/mol. The van der Waals surface area contributed by atoms with Gasteiger partial charge >= 0.3 is 5.97 Å². The number of hydrogen-bond donors (Lipinski definition) is 1. The van der Waals surface area contributed by atoms with E-state index in [0.717, 1.165) is 5.56 Å². The van der Waals surface area contributed by atoms with Crippen LogP contribution in [0, 0.1) is 11.8 Å². The van der Waals surface area contributed by atoms with Crippen molar-refractivity contribution in [3.63, 3.8) is 0 Å². The zero-order valence-corrected chi connectivity index (χ0v) is 10.9. The van der Waals surface area contributed by atoms with Crippen LogP contribution in [0.15, 0.2) is 24.3 Å². The third-order valence-corrected chi connectivity index (χ3v) is 4.94. The number of carbonyl (C=O) groups is 1. The van der Waals surface area contributed by atoms with E-state index < -0.39 is 11.4 Å². The van der Waals surface area contributed by atoms with Gasteiger partial charge in [-0.3, -0.25) is 4.79 Å². The van der Waals surface area contributed by atoms with Crippen LogP contribution in [0.25, 0.3) is 0 Å². The summed E-state index contributed by atoms with van der Waals surface area (Å²) in [5.41, 5.74) is 1.43. The number of benzene rings is 1. The number of rotatable bonds is 1. The quantitative estimate of drug-likeness (QED) is 0.805. The summed E-state index contributed by atoms with van der Waals surface area (Å²) in [6.45, 7) is 8.28. The Morgan fingerprint density at radius 3 is 2.41 bits per heavy atom. The molecule has 2 heteroatoms. The molecule has 0 radical (unpaired) electrons. The molecule has 17 heavy (non-hydrogen) atoms. The van der Waals surface area contributed by atoms with Gasteiger partial charge in [0, 0.05) is 0 Å². The van der Waals surface area contributed by atoms with E-state index in [1.54, 1.807) is 0 Å². The van der Waals surface area contributed by atoms with Crippen molar-refractivity contribution < 1.29 is 9.90 Å². The van der Waals surface area contributed by atoms with Crippen molar-refractivity contribution in [1.29, 1.82) is 0 Å². The van der Waals surface area contributed by atoms with Gasteiger partial charge in [0.25, 0.3) is 0 Å². The van der Waals surface area contributed by atoms with E-state index in [0.29, 0.717) is 11.8 Å². The lowest BCUT2D eigenvalue weighted by molar-refractivity contribution is -0.146. The van der Waals surface area contributed by atoms with Crippen molar-refractivity contribution >= 4 is 5.97 Å². The van der Waals surface area contributed by atoms with Crippen LogP contribution in [-0.2, 0) is 10.2 Å². The molecular weight excluding hydrogens is 212 g/mol. The van der Waals surface area contributed by atoms with E-state index in [1.165, 1.54) is 5.56 Å². The summed E-state index contributed by atoms with van der Waals surface area (Å²) in [7, 11) is 0. The number of hydrogen-bond acceptors (Lipinski definition) is 1. The van der Waals surface area contributed by atoms with Crippen molar-refractivity contribution in [2.24, 2.45) is 11.8 Å². The van der Waals surface area contributed by atoms with Crippen LogP contribution in [0.4, 0.5) is 0 Å². The van der Waals surface area contributed by atoms with E-state index in [2.05, 4.69) is 26.8 Å². The lowest BCUT2D eigenvalue weighted by Gasteiger charge is -2.45. The Morgan fingerprint density at radius 2 is 1.82 bits per heavy atom. The second-order valence-electron chi connectivity index (χ2n) is 5.53. The summed E-state index contributed by atoms with van der Waals surface area (Å²) in [6.07, 6.45) is 0. The summed E-state index contributed by atoms with van der Waals surface area (Å²) >= 11 is 0. The standard InChI is InChI=1S/C15H20O2/c1-9-10(2)12-7-5-6-8-13(12)15(4,11(9)3)14(16)17/h5-11H,1-4H3,(H,16,17). The first-order valence-corrected chi connectivity index (χ1v) is 6.23. The molecule has 0 saturated carbocycles. The second-order valence-corrected chi connectivity index (χ2v) is 5.53. The maximum atomic E-state index is 11.7. The van der Waals surface area contributed by atoms with Gasteiger partial charge < -0.3 is 5.11 Å². The Kier molecular flexibility index (Phi) is 2.76. The molecule has 2 nitrogen and oxygen atoms in total. The minimum absolute atomic E-state index is 0.143. The Morgan fingerprint density at radius 1 is 1.24 bits per heavy atom. The lowest BCUT2D eigenvalue weighted by atomic mass is 9.58. The average Bonchev–Trinajstić information content (AvgIpc) is 2.33. The fraction of sp³-hybridized carbons (Fsp3) is 0.533. The van der Waals surface area contributed by atoms with E-state index >= 15 is 0 Å². The summed E-state index contributed by atoms with van der Waals surface area (Å²) in [4.78, 5) is 11.7. The topological polar surface area (TPSA) is 37.3 Å². The zero-order chi connectivity index (χ0) is 12.8. The molecule has 1 aromatic rings. The first kappa shape index (κ1) is 12.2. The van der Waals surface area contributed by atoms with Crippen molar-refractivity contribution in [3.05, 3.63) is 35.4 Å². The van der Waals surface area contributed by atoms with Crippen LogP contribution in [-0.4, -0.2) is 11.1 Å². The first-order chi connectivity index (χ1) is 7.90. The smallest absolute Gasteiger partial charge is 0.314 e. The largest absolute Gasteiger partial charge is 0.481 e. The Hall–Kier alpha value is -1.31. The molecule has 1 N–H and O–H groups in total. The van der Waals surface area contributed by atoms with Crippen LogP contribution in [0.1, 0.15) is 44.7 Å². The molecule has 0 aromatic heterocycles. The van der Waals surface area contributed by atoms with Gasteiger partial charge in [-0.25, -0.2) is 0 Å². The molecule has 0 heterocycles. The monoisotopic (exact) mass is 232 g/mol. The van der Waals surface area contributed by atoms with Crippen LogP contribution in [0.2, 0.25) is 0 Å². The minimum Gasteiger partial charge on any atom is -0.481 e. The summed E-state index contributed by atoms with van der Waals surface area (Å²) in [5, 5.41) is 9.62. The summed E-state index contributed by atoms with van der Waals surface area (Å²) in [5.74, 6) is 0.237. The molecule has 0 amide bonds. The fourth-order valence-corrected chi connectivity index (χ4v) is 3.16. The van der Waals surface area contributed by atoms with Gasteiger partial charge in [-0.2, -0.15) is 0 Å². The SMILES string of the molecule is CC1c2ccccc2C(C)(C(=O)O)C(C)C1C. The van der Waals surface area contributed by atoms with Gasteiger partial charge in [0.2, 0.25) is 0 Å². The van der Waals surface area contributed by atoms with Crippen molar-refractivity contribution in [2.45, 2.75) is 39.0 Å². The maximum absolute atomic E-state index is 11.7. The highest BCUT2D eigenvalue weighted by Crippen LogP contribution is 2.49. The van der Waals surface area contributed by atoms with Gasteiger partial charge in [0.15, 0.2) is 0 Å². The first-order valence-electron chi connectivity index (χ1n) is 6.23. The Labute approximate surface area is 103 Å². The van der Waals surface area contributed by atoms with Crippen LogP contribution in [0.5, 0.6) is 0 Å². The van der Waals surface area contributed by atoms with Gasteiger partial charge in [0.1, 0.15) is 0 Å². The van der Waals surface area contributed by atoms with Gasteiger partial charge in [-0.1, -0.05) is 45.0 Å². The third kappa shape index (κ3) is 1.50. The Bertz CT molecular complexity index is 452. The van der Waals surface area contributed by atoms with Crippen LogP contribution < -0.4 is 0 Å². The van der Waals surface area contributed by atoms with E-state index in [9.17, 15) is 9.90 Å². The molecule has 1 aromatic carbocycles. The highest BCUT2D eigenvalue weighted by Gasteiger charge is 2.49.